The second kappa shape index (κ2) is 8.62. The summed E-state index contributed by atoms with van der Waals surface area (Å²) >= 11 is 0. The third-order valence-corrected chi connectivity index (χ3v) is 5.90. The molecule has 1 aliphatic heterocycles. The summed E-state index contributed by atoms with van der Waals surface area (Å²) in [6.45, 7) is 9.63. The molecule has 0 radical (unpaired) electrons. The summed E-state index contributed by atoms with van der Waals surface area (Å²) in [5, 5.41) is 0. The van der Waals surface area contributed by atoms with Crippen LogP contribution in [0.4, 0.5) is 0 Å². The van der Waals surface area contributed by atoms with Crippen molar-refractivity contribution in [2.24, 2.45) is 0 Å². The van der Waals surface area contributed by atoms with Crippen LogP contribution < -0.4 is 0 Å². The summed E-state index contributed by atoms with van der Waals surface area (Å²) < 4.78 is 4.20. The van der Waals surface area contributed by atoms with E-state index in [0.717, 1.165) is 56.2 Å². The molecule has 160 valence electrons. The second-order valence-corrected chi connectivity index (χ2v) is 8.60. The van der Waals surface area contributed by atoms with Crippen LogP contribution in [0.5, 0.6) is 0 Å². The number of likely N-dealkylation sites (N-methyl/N-ethyl adjacent to an activating group) is 1. The molecular weight excluding hydrogens is 376 g/mol. The lowest BCUT2D eigenvalue weighted by Gasteiger charge is -2.36. The molecule has 0 N–H and O–H groups in total. The molecule has 3 aromatic rings. The Balaban J connectivity index is 1.61. The number of hydrogen-bond donors (Lipinski definition) is 0. The number of imidazole rings is 1. The predicted molar refractivity (Wildman–Crippen MR) is 120 cm³/mol. The van der Waals surface area contributed by atoms with Gasteiger partial charge in [0.25, 0.3) is 5.91 Å². The molecule has 0 bridgehead atoms. The Labute approximate surface area is 178 Å². The van der Waals surface area contributed by atoms with Crippen LogP contribution in [-0.4, -0.2) is 87.4 Å². The molecule has 0 spiro atoms. The largest absolute Gasteiger partial charge is 0.352 e. The van der Waals surface area contributed by atoms with Crippen molar-refractivity contribution in [3.63, 3.8) is 0 Å². The quantitative estimate of drug-likeness (QED) is 0.629. The molecule has 0 saturated carbocycles. The average molecular weight is 409 g/mol. The van der Waals surface area contributed by atoms with E-state index in [9.17, 15) is 4.79 Å². The van der Waals surface area contributed by atoms with Crippen LogP contribution in [0, 0.1) is 0 Å². The highest BCUT2D eigenvalue weighted by Crippen LogP contribution is 2.24. The van der Waals surface area contributed by atoms with E-state index >= 15 is 0 Å². The Morgan fingerprint density at radius 3 is 2.57 bits per heavy atom. The highest BCUT2D eigenvalue weighted by Gasteiger charge is 2.27. The molecule has 7 nitrogen and oxygen atoms in total. The van der Waals surface area contributed by atoms with E-state index in [4.69, 9.17) is 4.98 Å². The standard InChI is InChI=1S/C23H32N6O/c1-18(2)27-13-15-28(16-14-27)23(30)21-20-7-5-6-9-29(20)22(24-21)19-8-10-26(17-19)12-11-25(3)4/h5-10,17-18H,11-16H2,1-4H3. The summed E-state index contributed by atoms with van der Waals surface area (Å²) in [6.07, 6.45) is 6.18. The minimum atomic E-state index is 0.0281. The number of nitrogens with zero attached hydrogens (tertiary/aromatic N) is 6. The van der Waals surface area contributed by atoms with Crippen molar-refractivity contribution in [2.75, 3.05) is 46.8 Å². The molecular formula is C23H32N6O. The summed E-state index contributed by atoms with van der Waals surface area (Å²) in [7, 11) is 4.15. The van der Waals surface area contributed by atoms with Gasteiger partial charge in [-0.25, -0.2) is 4.98 Å². The van der Waals surface area contributed by atoms with Gasteiger partial charge >= 0.3 is 0 Å². The molecule has 1 aliphatic rings. The zero-order valence-corrected chi connectivity index (χ0v) is 18.5. The van der Waals surface area contributed by atoms with Gasteiger partial charge in [-0.05, 0) is 46.1 Å². The van der Waals surface area contributed by atoms with Gasteiger partial charge in [0.05, 0.1) is 5.52 Å². The van der Waals surface area contributed by atoms with Gasteiger partial charge in [0, 0.05) is 69.5 Å². The number of carbonyl (C=O) groups is 1. The van der Waals surface area contributed by atoms with Crippen molar-refractivity contribution in [1.29, 1.82) is 0 Å². The average Bonchev–Trinajstić information content (AvgIpc) is 3.36. The summed E-state index contributed by atoms with van der Waals surface area (Å²) in [5.41, 5.74) is 2.44. The predicted octanol–water partition coefficient (Wildman–Crippen LogP) is 2.53. The molecule has 3 aromatic heterocycles. The summed E-state index contributed by atoms with van der Waals surface area (Å²) in [6, 6.07) is 8.52. The summed E-state index contributed by atoms with van der Waals surface area (Å²) in [4.78, 5) is 24.7. The molecule has 7 heteroatoms. The highest BCUT2D eigenvalue weighted by atomic mass is 16.2. The maximum absolute atomic E-state index is 13.3. The van der Waals surface area contributed by atoms with E-state index in [1.807, 2.05) is 33.7 Å². The Hall–Kier alpha value is -2.64. The van der Waals surface area contributed by atoms with Gasteiger partial charge in [0.2, 0.25) is 0 Å². The fourth-order valence-corrected chi connectivity index (χ4v) is 4.02. The fourth-order valence-electron chi connectivity index (χ4n) is 4.02. The van der Waals surface area contributed by atoms with Gasteiger partial charge in [-0.3, -0.25) is 14.1 Å². The van der Waals surface area contributed by atoms with Crippen molar-refractivity contribution in [2.45, 2.75) is 26.4 Å². The number of piperazine rings is 1. The monoisotopic (exact) mass is 408 g/mol. The van der Waals surface area contributed by atoms with Crippen LogP contribution in [0.15, 0.2) is 42.9 Å². The lowest BCUT2D eigenvalue weighted by molar-refractivity contribution is 0.0592. The smallest absolute Gasteiger partial charge is 0.274 e. The number of rotatable bonds is 6. The van der Waals surface area contributed by atoms with Gasteiger partial charge in [0.1, 0.15) is 5.82 Å². The Bertz CT molecular complexity index is 1010. The van der Waals surface area contributed by atoms with Crippen LogP contribution in [0.2, 0.25) is 0 Å². The number of amides is 1. The molecule has 4 heterocycles. The number of pyridine rings is 1. The minimum absolute atomic E-state index is 0.0281. The van der Waals surface area contributed by atoms with Crippen LogP contribution in [0.3, 0.4) is 0 Å². The Morgan fingerprint density at radius 2 is 1.87 bits per heavy atom. The van der Waals surface area contributed by atoms with Gasteiger partial charge in [-0.2, -0.15) is 0 Å². The molecule has 0 aromatic carbocycles. The van der Waals surface area contributed by atoms with Crippen molar-refractivity contribution >= 4 is 11.4 Å². The summed E-state index contributed by atoms with van der Waals surface area (Å²) in [5.74, 6) is 0.846. The maximum atomic E-state index is 13.3. The molecule has 0 atom stereocenters. The Morgan fingerprint density at radius 1 is 1.10 bits per heavy atom. The number of carbonyl (C=O) groups excluding carboxylic acids is 1. The zero-order chi connectivity index (χ0) is 21.3. The van der Waals surface area contributed by atoms with E-state index in [2.05, 4.69) is 60.8 Å². The molecule has 30 heavy (non-hydrogen) atoms. The first-order chi connectivity index (χ1) is 14.4. The molecule has 0 unspecified atom stereocenters. The maximum Gasteiger partial charge on any atom is 0.274 e. The third-order valence-electron chi connectivity index (χ3n) is 5.90. The van der Waals surface area contributed by atoms with Gasteiger partial charge in [-0.1, -0.05) is 6.07 Å². The lowest BCUT2D eigenvalue weighted by Crippen LogP contribution is -2.50. The van der Waals surface area contributed by atoms with Crippen LogP contribution in [-0.2, 0) is 6.54 Å². The normalized spacial score (nSPS) is 15.6. The van der Waals surface area contributed by atoms with E-state index in [0.29, 0.717) is 11.7 Å². The molecule has 1 fully saturated rings. The first-order valence-corrected chi connectivity index (χ1v) is 10.8. The van der Waals surface area contributed by atoms with Crippen molar-refractivity contribution in [3.8, 4) is 11.4 Å². The molecule has 0 aliphatic carbocycles. The van der Waals surface area contributed by atoms with Crippen LogP contribution in [0.25, 0.3) is 16.9 Å². The second-order valence-electron chi connectivity index (χ2n) is 8.60. The first kappa shape index (κ1) is 20.6. The highest BCUT2D eigenvalue weighted by molar-refractivity contribution is 6.00. The minimum Gasteiger partial charge on any atom is -0.352 e. The fraction of sp³-hybridized carbons (Fsp3) is 0.478. The number of hydrogen-bond acceptors (Lipinski definition) is 4. The lowest BCUT2D eigenvalue weighted by atomic mass is 10.2. The van der Waals surface area contributed by atoms with Gasteiger partial charge < -0.3 is 14.4 Å². The molecule has 1 saturated heterocycles. The van der Waals surface area contributed by atoms with Crippen molar-refractivity contribution in [3.05, 3.63) is 48.5 Å². The van der Waals surface area contributed by atoms with E-state index in [1.165, 1.54) is 0 Å². The van der Waals surface area contributed by atoms with E-state index in [1.54, 1.807) is 0 Å². The van der Waals surface area contributed by atoms with E-state index < -0.39 is 0 Å². The van der Waals surface area contributed by atoms with Crippen LogP contribution in [0.1, 0.15) is 24.3 Å². The first-order valence-electron chi connectivity index (χ1n) is 10.8. The SMILES string of the molecule is CC(C)N1CCN(C(=O)c2nc(-c3ccn(CCN(C)C)c3)n3ccccc23)CC1. The van der Waals surface area contributed by atoms with Gasteiger partial charge in [-0.15, -0.1) is 0 Å². The Kier molecular flexibility index (Phi) is 5.92. The molecule has 4 rings (SSSR count). The van der Waals surface area contributed by atoms with Crippen molar-refractivity contribution < 1.29 is 4.79 Å². The number of fused-ring (bicyclic) bond motifs is 1. The topological polar surface area (TPSA) is 49.0 Å². The van der Waals surface area contributed by atoms with Crippen molar-refractivity contribution in [1.82, 2.24) is 28.7 Å². The zero-order valence-electron chi connectivity index (χ0n) is 18.5. The third kappa shape index (κ3) is 4.13. The molecule has 1 amide bonds. The van der Waals surface area contributed by atoms with E-state index in [-0.39, 0.29) is 5.91 Å². The number of aromatic nitrogens is 3. The van der Waals surface area contributed by atoms with Crippen LogP contribution >= 0.6 is 0 Å². The van der Waals surface area contributed by atoms with Gasteiger partial charge in [0.15, 0.2) is 5.69 Å².